The molecule has 1 saturated carbocycles. The Morgan fingerprint density at radius 3 is 2.59 bits per heavy atom. The minimum atomic E-state index is -2.86. The number of hydrogen-bond acceptors (Lipinski definition) is 3. The van der Waals surface area contributed by atoms with E-state index in [2.05, 4.69) is 4.90 Å². The Morgan fingerprint density at radius 2 is 2.00 bits per heavy atom. The lowest BCUT2D eigenvalue weighted by Crippen LogP contribution is -2.38. The summed E-state index contributed by atoms with van der Waals surface area (Å²) in [5.41, 5.74) is 0.568. The SMILES string of the molecule is O=S1(=O)CC[C@@H](N(CCCc2c(F)cccc2Cl)C2CC2)C1. The second-order valence-corrected chi connectivity index (χ2v) is 8.97. The Labute approximate surface area is 136 Å². The molecule has 1 aliphatic heterocycles. The maximum atomic E-state index is 13.8. The summed E-state index contributed by atoms with van der Waals surface area (Å²) in [5.74, 6) is 0.332. The smallest absolute Gasteiger partial charge is 0.151 e. The summed E-state index contributed by atoms with van der Waals surface area (Å²) in [6, 6.07) is 5.43. The lowest BCUT2D eigenvalue weighted by Gasteiger charge is -2.28. The fourth-order valence-electron chi connectivity index (χ4n) is 3.32. The molecule has 22 heavy (non-hydrogen) atoms. The van der Waals surface area contributed by atoms with Crippen molar-refractivity contribution in [3.8, 4) is 0 Å². The molecule has 2 aliphatic rings. The highest BCUT2D eigenvalue weighted by atomic mass is 35.5. The van der Waals surface area contributed by atoms with Gasteiger partial charge in [-0.1, -0.05) is 17.7 Å². The van der Waals surface area contributed by atoms with Crippen LogP contribution in [0.1, 0.15) is 31.2 Å². The van der Waals surface area contributed by atoms with Gasteiger partial charge in [-0.2, -0.15) is 0 Å². The van der Waals surface area contributed by atoms with Gasteiger partial charge in [0.1, 0.15) is 5.82 Å². The highest BCUT2D eigenvalue weighted by Crippen LogP contribution is 2.32. The normalized spacial score (nSPS) is 24.0. The van der Waals surface area contributed by atoms with Crippen molar-refractivity contribution in [2.24, 2.45) is 0 Å². The number of halogens is 2. The molecule has 3 rings (SSSR count). The molecule has 0 spiro atoms. The molecule has 1 saturated heterocycles. The fraction of sp³-hybridized carbons (Fsp3) is 0.625. The van der Waals surface area contributed by atoms with Crippen molar-refractivity contribution >= 4 is 21.4 Å². The van der Waals surface area contributed by atoms with Gasteiger partial charge in [0, 0.05) is 22.7 Å². The molecule has 6 heteroatoms. The second-order valence-electron chi connectivity index (χ2n) is 6.33. The first-order valence-electron chi connectivity index (χ1n) is 7.85. The van der Waals surface area contributed by atoms with E-state index in [0.29, 0.717) is 28.8 Å². The van der Waals surface area contributed by atoms with Crippen LogP contribution in [0.25, 0.3) is 0 Å². The van der Waals surface area contributed by atoms with Crippen LogP contribution in [-0.4, -0.2) is 43.5 Å². The molecule has 0 bridgehead atoms. The van der Waals surface area contributed by atoms with Crippen LogP contribution in [0.4, 0.5) is 4.39 Å². The van der Waals surface area contributed by atoms with Gasteiger partial charge >= 0.3 is 0 Å². The van der Waals surface area contributed by atoms with Crippen LogP contribution >= 0.6 is 11.6 Å². The summed E-state index contributed by atoms with van der Waals surface area (Å²) in [4.78, 5) is 2.33. The van der Waals surface area contributed by atoms with Gasteiger partial charge in [0.2, 0.25) is 0 Å². The largest absolute Gasteiger partial charge is 0.296 e. The van der Waals surface area contributed by atoms with E-state index >= 15 is 0 Å². The average molecular weight is 346 g/mol. The van der Waals surface area contributed by atoms with Crippen molar-refractivity contribution in [1.82, 2.24) is 4.90 Å². The predicted molar refractivity (Wildman–Crippen MR) is 86.5 cm³/mol. The van der Waals surface area contributed by atoms with Gasteiger partial charge < -0.3 is 0 Å². The topological polar surface area (TPSA) is 37.4 Å². The molecule has 1 heterocycles. The van der Waals surface area contributed by atoms with Gasteiger partial charge in [-0.25, -0.2) is 12.8 Å². The van der Waals surface area contributed by atoms with Crippen LogP contribution in [0.2, 0.25) is 5.02 Å². The molecule has 3 nitrogen and oxygen atoms in total. The van der Waals surface area contributed by atoms with E-state index in [4.69, 9.17) is 11.6 Å². The molecule has 0 N–H and O–H groups in total. The quantitative estimate of drug-likeness (QED) is 0.795. The van der Waals surface area contributed by atoms with Gasteiger partial charge in [0.05, 0.1) is 11.5 Å². The average Bonchev–Trinajstić information content (AvgIpc) is 3.21. The molecular formula is C16H21ClFNO2S. The summed E-state index contributed by atoms with van der Waals surface area (Å²) < 4.78 is 37.1. The minimum absolute atomic E-state index is 0.147. The third-order valence-electron chi connectivity index (χ3n) is 4.60. The Kier molecular flexibility index (Phi) is 4.76. The number of rotatable bonds is 6. The minimum Gasteiger partial charge on any atom is -0.296 e. The molecular weight excluding hydrogens is 325 g/mol. The second kappa shape index (κ2) is 6.46. The zero-order chi connectivity index (χ0) is 15.7. The van der Waals surface area contributed by atoms with Crippen molar-refractivity contribution < 1.29 is 12.8 Å². The lowest BCUT2D eigenvalue weighted by molar-refractivity contribution is 0.199. The van der Waals surface area contributed by atoms with Crippen LogP contribution in [0.5, 0.6) is 0 Å². The molecule has 0 amide bonds. The molecule has 1 atom stereocenters. The van der Waals surface area contributed by atoms with Crippen LogP contribution < -0.4 is 0 Å². The van der Waals surface area contributed by atoms with Crippen molar-refractivity contribution in [3.63, 3.8) is 0 Å². The van der Waals surface area contributed by atoms with Gasteiger partial charge in [0.25, 0.3) is 0 Å². The van der Waals surface area contributed by atoms with Gasteiger partial charge in [0.15, 0.2) is 9.84 Å². The van der Waals surface area contributed by atoms with Crippen molar-refractivity contribution in [1.29, 1.82) is 0 Å². The van der Waals surface area contributed by atoms with Crippen LogP contribution in [0.3, 0.4) is 0 Å². The predicted octanol–water partition coefficient (Wildman–Crippen LogP) is 3.06. The molecule has 0 radical (unpaired) electrons. The van der Waals surface area contributed by atoms with E-state index in [1.807, 2.05) is 0 Å². The molecule has 0 unspecified atom stereocenters. The Balaban J connectivity index is 1.59. The molecule has 122 valence electrons. The maximum absolute atomic E-state index is 13.8. The number of benzene rings is 1. The van der Waals surface area contributed by atoms with Crippen LogP contribution in [-0.2, 0) is 16.3 Å². The molecule has 1 aromatic rings. The van der Waals surface area contributed by atoms with E-state index in [1.165, 1.54) is 6.07 Å². The molecule has 1 aromatic carbocycles. The summed E-state index contributed by atoms with van der Waals surface area (Å²) >= 11 is 6.05. The standard InChI is InChI=1S/C16H21ClFNO2S/c17-15-4-1-5-16(18)14(15)3-2-9-19(12-6-7-12)13-8-10-22(20,21)11-13/h1,4-5,12-13H,2-3,6-11H2/t13-/m1/s1. The van der Waals surface area contributed by atoms with E-state index in [1.54, 1.807) is 12.1 Å². The van der Waals surface area contributed by atoms with Crippen LogP contribution in [0, 0.1) is 5.82 Å². The first-order valence-corrected chi connectivity index (χ1v) is 10.1. The first-order chi connectivity index (χ1) is 10.5. The number of sulfone groups is 1. The van der Waals surface area contributed by atoms with Gasteiger partial charge in [-0.05, 0) is 50.8 Å². The zero-order valence-electron chi connectivity index (χ0n) is 12.5. The van der Waals surface area contributed by atoms with Crippen LogP contribution in [0.15, 0.2) is 18.2 Å². The number of nitrogens with zero attached hydrogens (tertiary/aromatic N) is 1. The van der Waals surface area contributed by atoms with Gasteiger partial charge in [-0.3, -0.25) is 4.90 Å². The van der Waals surface area contributed by atoms with Crippen molar-refractivity contribution in [2.75, 3.05) is 18.1 Å². The summed E-state index contributed by atoms with van der Waals surface area (Å²) in [5, 5.41) is 0.474. The summed E-state index contributed by atoms with van der Waals surface area (Å²) in [6.45, 7) is 0.815. The molecule has 1 aliphatic carbocycles. The van der Waals surface area contributed by atoms with E-state index in [0.717, 1.165) is 32.2 Å². The highest BCUT2D eigenvalue weighted by molar-refractivity contribution is 7.91. The Hall–Kier alpha value is -0.650. The maximum Gasteiger partial charge on any atom is 0.151 e. The van der Waals surface area contributed by atoms with Crippen molar-refractivity contribution in [3.05, 3.63) is 34.6 Å². The summed E-state index contributed by atoms with van der Waals surface area (Å²) in [7, 11) is -2.86. The first kappa shape index (κ1) is 16.2. The van der Waals surface area contributed by atoms with E-state index in [9.17, 15) is 12.8 Å². The van der Waals surface area contributed by atoms with Gasteiger partial charge in [-0.15, -0.1) is 0 Å². The lowest BCUT2D eigenvalue weighted by atomic mass is 10.1. The van der Waals surface area contributed by atoms with Crippen molar-refractivity contribution in [2.45, 2.75) is 44.2 Å². The molecule has 2 fully saturated rings. The Morgan fingerprint density at radius 1 is 1.23 bits per heavy atom. The third-order valence-corrected chi connectivity index (χ3v) is 6.70. The number of hydrogen-bond donors (Lipinski definition) is 0. The van der Waals surface area contributed by atoms with E-state index in [-0.39, 0.29) is 17.6 Å². The Bertz CT molecular complexity index is 625. The monoisotopic (exact) mass is 345 g/mol. The molecule has 0 aromatic heterocycles. The third kappa shape index (κ3) is 3.81. The van der Waals surface area contributed by atoms with E-state index < -0.39 is 9.84 Å². The summed E-state index contributed by atoms with van der Waals surface area (Å²) in [6.07, 6.45) is 4.43. The fourth-order valence-corrected chi connectivity index (χ4v) is 5.32. The zero-order valence-corrected chi connectivity index (χ0v) is 14.0. The highest BCUT2D eigenvalue weighted by Gasteiger charge is 2.39.